The van der Waals surface area contributed by atoms with Gasteiger partial charge in [-0.1, -0.05) is 13.8 Å². The number of halogens is 1. The third kappa shape index (κ3) is 1.81. The van der Waals surface area contributed by atoms with Gasteiger partial charge in [0.15, 0.2) is 0 Å². The zero-order valence-electron chi connectivity index (χ0n) is 10.5. The molecule has 0 saturated carbocycles. The molecule has 2 heteroatoms. The number of fused-ring (bicyclic) bond motifs is 1. The minimum Gasteiger partial charge on any atom is -0.368 e. The van der Waals surface area contributed by atoms with Crippen LogP contribution in [0, 0.1) is 5.82 Å². The molecule has 16 heavy (non-hydrogen) atoms. The van der Waals surface area contributed by atoms with E-state index in [2.05, 4.69) is 32.6 Å². The van der Waals surface area contributed by atoms with E-state index in [1.165, 1.54) is 11.1 Å². The molecular weight excluding hydrogens is 201 g/mol. The van der Waals surface area contributed by atoms with Crippen molar-refractivity contribution in [2.24, 2.45) is 0 Å². The highest BCUT2D eigenvalue weighted by molar-refractivity contribution is 5.62. The zero-order chi connectivity index (χ0) is 11.9. The van der Waals surface area contributed by atoms with Gasteiger partial charge in [-0.05, 0) is 49.4 Å². The van der Waals surface area contributed by atoms with E-state index in [0.29, 0.717) is 12.0 Å². The molecule has 0 atom stereocenters. The third-order valence-electron chi connectivity index (χ3n) is 3.38. The Morgan fingerprint density at radius 2 is 1.88 bits per heavy atom. The first-order valence-corrected chi connectivity index (χ1v) is 6.09. The number of anilines is 1. The molecule has 2 rings (SSSR count). The van der Waals surface area contributed by atoms with Gasteiger partial charge in [0.25, 0.3) is 0 Å². The summed E-state index contributed by atoms with van der Waals surface area (Å²) in [5.41, 5.74) is 3.64. The molecule has 1 nitrogen and oxygen atoms in total. The maximum atomic E-state index is 13.6. The normalized spacial score (nSPS) is 15.1. The van der Waals surface area contributed by atoms with Crippen molar-refractivity contribution in [3.8, 4) is 0 Å². The van der Waals surface area contributed by atoms with Crippen molar-refractivity contribution in [1.29, 1.82) is 0 Å². The lowest BCUT2D eigenvalue weighted by molar-refractivity contribution is 0.621. The van der Waals surface area contributed by atoms with E-state index < -0.39 is 0 Å². The second-order valence-electron chi connectivity index (χ2n) is 5.18. The van der Waals surface area contributed by atoms with Crippen LogP contribution in [0.3, 0.4) is 0 Å². The molecular formula is C14H20FN. The van der Waals surface area contributed by atoms with E-state index in [1.807, 2.05) is 0 Å². The minimum atomic E-state index is -0.102. The Bertz CT molecular complexity index is 396. The van der Waals surface area contributed by atoms with Crippen LogP contribution >= 0.6 is 0 Å². The second-order valence-corrected chi connectivity index (χ2v) is 5.18. The first kappa shape index (κ1) is 11.4. The standard InChI is InChI=1S/C14H20FN/c1-9(2)13-7-11(15)8-14-12(13)5-6-16(14)10(3)4/h7-10H,5-6H2,1-4H3. The van der Waals surface area contributed by atoms with Crippen molar-refractivity contribution in [1.82, 2.24) is 0 Å². The molecule has 1 aromatic carbocycles. The quantitative estimate of drug-likeness (QED) is 0.735. The predicted molar refractivity (Wildman–Crippen MR) is 66.7 cm³/mol. The van der Waals surface area contributed by atoms with Crippen LogP contribution in [0.15, 0.2) is 12.1 Å². The van der Waals surface area contributed by atoms with Gasteiger partial charge in [-0.2, -0.15) is 0 Å². The number of nitrogens with zero attached hydrogens (tertiary/aromatic N) is 1. The summed E-state index contributed by atoms with van der Waals surface area (Å²) in [7, 11) is 0. The lowest BCUT2D eigenvalue weighted by atomic mass is 9.95. The van der Waals surface area contributed by atoms with E-state index in [1.54, 1.807) is 12.1 Å². The molecule has 1 aromatic rings. The van der Waals surface area contributed by atoms with E-state index in [9.17, 15) is 4.39 Å². The lowest BCUT2D eigenvalue weighted by Crippen LogP contribution is -2.28. The molecule has 0 aromatic heterocycles. The van der Waals surface area contributed by atoms with Gasteiger partial charge in [0.1, 0.15) is 5.82 Å². The summed E-state index contributed by atoms with van der Waals surface area (Å²) >= 11 is 0. The fourth-order valence-corrected chi connectivity index (χ4v) is 2.58. The molecule has 1 heterocycles. The molecule has 0 amide bonds. The van der Waals surface area contributed by atoms with Crippen molar-refractivity contribution in [3.05, 3.63) is 29.1 Å². The Balaban J connectivity index is 2.51. The van der Waals surface area contributed by atoms with Crippen LogP contribution in [0.4, 0.5) is 10.1 Å². The van der Waals surface area contributed by atoms with Gasteiger partial charge in [-0.25, -0.2) is 4.39 Å². The van der Waals surface area contributed by atoms with Crippen LogP contribution in [0.5, 0.6) is 0 Å². The summed E-state index contributed by atoms with van der Waals surface area (Å²) in [6.45, 7) is 9.61. The maximum Gasteiger partial charge on any atom is 0.125 e. The summed E-state index contributed by atoms with van der Waals surface area (Å²) in [6, 6.07) is 3.84. The summed E-state index contributed by atoms with van der Waals surface area (Å²) in [6.07, 6.45) is 1.06. The third-order valence-corrected chi connectivity index (χ3v) is 3.38. The smallest absolute Gasteiger partial charge is 0.125 e. The summed E-state index contributed by atoms with van der Waals surface area (Å²) in [5.74, 6) is 0.298. The molecule has 0 spiro atoms. The molecule has 0 bridgehead atoms. The van der Waals surface area contributed by atoms with Crippen molar-refractivity contribution < 1.29 is 4.39 Å². The van der Waals surface area contributed by atoms with Crippen LogP contribution in [0.1, 0.15) is 44.7 Å². The highest BCUT2D eigenvalue weighted by Gasteiger charge is 2.25. The molecule has 0 fully saturated rings. The van der Waals surface area contributed by atoms with Crippen LogP contribution in [-0.4, -0.2) is 12.6 Å². The molecule has 0 saturated heterocycles. The highest BCUT2D eigenvalue weighted by Crippen LogP contribution is 2.36. The lowest BCUT2D eigenvalue weighted by Gasteiger charge is -2.24. The fourth-order valence-electron chi connectivity index (χ4n) is 2.58. The van der Waals surface area contributed by atoms with E-state index in [0.717, 1.165) is 18.7 Å². The average molecular weight is 221 g/mol. The van der Waals surface area contributed by atoms with Gasteiger partial charge >= 0.3 is 0 Å². The Hall–Kier alpha value is -1.05. The van der Waals surface area contributed by atoms with Gasteiger partial charge in [0, 0.05) is 18.3 Å². The Kier molecular flexibility index (Phi) is 2.92. The molecule has 88 valence electrons. The van der Waals surface area contributed by atoms with Gasteiger partial charge < -0.3 is 4.90 Å². The zero-order valence-corrected chi connectivity index (χ0v) is 10.5. The monoisotopic (exact) mass is 221 g/mol. The summed E-state index contributed by atoms with van der Waals surface area (Å²) < 4.78 is 13.6. The van der Waals surface area contributed by atoms with Crippen LogP contribution in [-0.2, 0) is 6.42 Å². The minimum absolute atomic E-state index is 0.102. The van der Waals surface area contributed by atoms with Gasteiger partial charge in [-0.15, -0.1) is 0 Å². The Morgan fingerprint density at radius 1 is 1.19 bits per heavy atom. The average Bonchev–Trinajstić information content (AvgIpc) is 2.59. The van der Waals surface area contributed by atoms with Gasteiger partial charge in [0.2, 0.25) is 0 Å². The largest absolute Gasteiger partial charge is 0.368 e. The number of hydrogen-bond donors (Lipinski definition) is 0. The van der Waals surface area contributed by atoms with Gasteiger partial charge in [-0.3, -0.25) is 0 Å². The van der Waals surface area contributed by atoms with E-state index >= 15 is 0 Å². The number of benzene rings is 1. The SMILES string of the molecule is CC(C)c1cc(F)cc2c1CCN2C(C)C. The Labute approximate surface area is 97.3 Å². The molecule has 0 unspecified atom stereocenters. The molecule has 1 aliphatic rings. The van der Waals surface area contributed by atoms with Crippen LogP contribution in [0.2, 0.25) is 0 Å². The number of hydrogen-bond acceptors (Lipinski definition) is 1. The Morgan fingerprint density at radius 3 is 2.44 bits per heavy atom. The van der Waals surface area contributed by atoms with Crippen molar-refractivity contribution >= 4 is 5.69 Å². The van der Waals surface area contributed by atoms with Crippen LogP contribution < -0.4 is 4.90 Å². The van der Waals surface area contributed by atoms with E-state index in [4.69, 9.17) is 0 Å². The molecule has 0 N–H and O–H groups in total. The topological polar surface area (TPSA) is 3.24 Å². The summed E-state index contributed by atoms with van der Waals surface area (Å²) in [4.78, 5) is 2.30. The van der Waals surface area contributed by atoms with Gasteiger partial charge in [0.05, 0.1) is 0 Å². The first-order chi connectivity index (χ1) is 7.50. The first-order valence-electron chi connectivity index (χ1n) is 6.09. The maximum absolute atomic E-state index is 13.6. The molecule has 0 radical (unpaired) electrons. The number of rotatable bonds is 2. The van der Waals surface area contributed by atoms with Crippen molar-refractivity contribution in [2.45, 2.75) is 46.1 Å². The molecule has 1 aliphatic heterocycles. The predicted octanol–water partition coefficient (Wildman–Crippen LogP) is 3.72. The fraction of sp³-hybridized carbons (Fsp3) is 0.571. The highest BCUT2D eigenvalue weighted by atomic mass is 19.1. The molecule has 0 aliphatic carbocycles. The second kappa shape index (κ2) is 4.08. The van der Waals surface area contributed by atoms with Crippen LogP contribution in [0.25, 0.3) is 0 Å². The van der Waals surface area contributed by atoms with Crippen molar-refractivity contribution in [3.63, 3.8) is 0 Å². The van der Waals surface area contributed by atoms with E-state index in [-0.39, 0.29) is 5.82 Å². The summed E-state index contributed by atoms with van der Waals surface area (Å²) in [5, 5.41) is 0. The van der Waals surface area contributed by atoms with Crippen molar-refractivity contribution in [2.75, 3.05) is 11.4 Å².